The fourth-order valence-electron chi connectivity index (χ4n) is 4.18. The van der Waals surface area contributed by atoms with E-state index in [1.807, 2.05) is 6.92 Å². The summed E-state index contributed by atoms with van der Waals surface area (Å²) in [5, 5.41) is 13.1. The van der Waals surface area contributed by atoms with Crippen molar-refractivity contribution in [2.75, 3.05) is 6.54 Å². The van der Waals surface area contributed by atoms with Crippen molar-refractivity contribution in [2.24, 2.45) is 23.7 Å². The van der Waals surface area contributed by atoms with E-state index >= 15 is 0 Å². The number of rotatable bonds is 6. The van der Waals surface area contributed by atoms with Crippen LogP contribution in [0.5, 0.6) is 0 Å². The summed E-state index contributed by atoms with van der Waals surface area (Å²) in [6.07, 6.45) is 6.70. The molecule has 2 saturated carbocycles. The maximum absolute atomic E-state index is 12.0. The van der Waals surface area contributed by atoms with Crippen LogP contribution in [0.2, 0.25) is 0 Å². The molecule has 0 saturated heterocycles. The molecular weight excluding hydrogens is 238 g/mol. The predicted molar refractivity (Wildman–Crippen MR) is 76.6 cm³/mol. The second kappa shape index (κ2) is 5.82. The molecule has 0 spiro atoms. The van der Waals surface area contributed by atoms with E-state index in [2.05, 4.69) is 19.2 Å². The lowest BCUT2D eigenvalue weighted by Crippen LogP contribution is -2.42. The van der Waals surface area contributed by atoms with Crippen LogP contribution in [0.15, 0.2) is 0 Å². The molecule has 2 bridgehead atoms. The number of nitrogens with one attached hydrogen (secondary N) is 1. The van der Waals surface area contributed by atoms with E-state index in [-0.39, 0.29) is 5.91 Å². The largest absolute Gasteiger partial charge is 0.388 e. The Hall–Kier alpha value is -0.570. The van der Waals surface area contributed by atoms with E-state index < -0.39 is 5.60 Å². The van der Waals surface area contributed by atoms with Gasteiger partial charge in [0.05, 0.1) is 5.60 Å². The zero-order valence-corrected chi connectivity index (χ0v) is 12.6. The van der Waals surface area contributed by atoms with Gasteiger partial charge in [-0.1, -0.05) is 20.3 Å². The van der Waals surface area contributed by atoms with Crippen molar-refractivity contribution >= 4 is 5.91 Å². The third-order valence-corrected chi connectivity index (χ3v) is 4.85. The van der Waals surface area contributed by atoms with Crippen molar-refractivity contribution < 1.29 is 9.90 Å². The Labute approximate surface area is 117 Å². The normalized spacial score (nSPS) is 32.6. The minimum atomic E-state index is -0.779. The number of amides is 1. The Morgan fingerprint density at radius 1 is 1.37 bits per heavy atom. The SMILES string of the molecule is CC(C)CC(C)(O)CNC(=O)CC1CC2CCC1C2. The summed E-state index contributed by atoms with van der Waals surface area (Å²) in [5.41, 5.74) is -0.779. The van der Waals surface area contributed by atoms with Gasteiger partial charge in [-0.3, -0.25) is 4.79 Å². The fourth-order valence-corrected chi connectivity index (χ4v) is 4.18. The van der Waals surface area contributed by atoms with Crippen LogP contribution in [0.25, 0.3) is 0 Å². The quantitative estimate of drug-likeness (QED) is 0.777. The Morgan fingerprint density at radius 2 is 2.11 bits per heavy atom. The maximum Gasteiger partial charge on any atom is 0.220 e. The molecule has 4 unspecified atom stereocenters. The van der Waals surface area contributed by atoms with Gasteiger partial charge in [-0.25, -0.2) is 0 Å². The Morgan fingerprint density at radius 3 is 2.63 bits per heavy atom. The summed E-state index contributed by atoms with van der Waals surface area (Å²) in [7, 11) is 0. The van der Waals surface area contributed by atoms with Crippen molar-refractivity contribution in [3.8, 4) is 0 Å². The van der Waals surface area contributed by atoms with Gasteiger partial charge in [0.2, 0.25) is 5.91 Å². The molecule has 2 rings (SSSR count). The first kappa shape index (κ1) is 14.8. The molecular formula is C16H29NO2. The van der Waals surface area contributed by atoms with Gasteiger partial charge >= 0.3 is 0 Å². The molecule has 2 N–H and O–H groups in total. The second-order valence-corrected chi connectivity index (χ2v) is 7.51. The fraction of sp³-hybridized carbons (Fsp3) is 0.938. The highest BCUT2D eigenvalue weighted by molar-refractivity contribution is 5.76. The van der Waals surface area contributed by atoms with E-state index in [1.54, 1.807) is 0 Å². The van der Waals surface area contributed by atoms with Crippen LogP contribution in [-0.2, 0) is 4.79 Å². The lowest BCUT2D eigenvalue weighted by Gasteiger charge is -2.26. The van der Waals surface area contributed by atoms with Gasteiger partial charge in [0, 0.05) is 13.0 Å². The maximum atomic E-state index is 12.0. The molecule has 110 valence electrons. The van der Waals surface area contributed by atoms with Crippen LogP contribution in [0.3, 0.4) is 0 Å². The molecule has 0 aromatic rings. The minimum Gasteiger partial charge on any atom is -0.388 e. The molecule has 0 aromatic carbocycles. The number of fused-ring (bicyclic) bond motifs is 2. The lowest BCUT2D eigenvalue weighted by atomic mass is 9.86. The number of hydrogen-bond donors (Lipinski definition) is 2. The molecule has 2 aliphatic carbocycles. The number of aliphatic hydroxyl groups is 1. The molecule has 0 aromatic heterocycles. The third-order valence-electron chi connectivity index (χ3n) is 4.85. The van der Waals surface area contributed by atoms with E-state index in [1.165, 1.54) is 25.7 Å². The average Bonchev–Trinajstić information content (AvgIpc) is 2.86. The highest BCUT2D eigenvalue weighted by atomic mass is 16.3. The molecule has 3 nitrogen and oxygen atoms in total. The highest BCUT2D eigenvalue weighted by Crippen LogP contribution is 2.49. The minimum absolute atomic E-state index is 0.126. The van der Waals surface area contributed by atoms with Crippen molar-refractivity contribution in [3.63, 3.8) is 0 Å². The van der Waals surface area contributed by atoms with Crippen LogP contribution < -0.4 is 5.32 Å². The van der Waals surface area contributed by atoms with Gasteiger partial charge in [0.25, 0.3) is 0 Å². The van der Waals surface area contributed by atoms with E-state index in [4.69, 9.17) is 0 Å². The first-order chi connectivity index (χ1) is 8.85. The summed E-state index contributed by atoms with van der Waals surface area (Å²) in [6, 6.07) is 0. The zero-order chi connectivity index (χ0) is 14.0. The summed E-state index contributed by atoms with van der Waals surface area (Å²) < 4.78 is 0. The van der Waals surface area contributed by atoms with E-state index in [0.717, 1.165) is 18.3 Å². The van der Waals surface area contributed by atoms with Crippen molar-refractivity contribution in [2.45, 2.75) is 64.9 Å². The first-order valence-electron chi connectivity index (χ1n) is 7.85. The number of hydrogen-bond acceptors (Lipinski definition) is 2. The zero-order valence-electron chi connectivity index (χ0n) is 12.6. The second-order valence-electron chi connectivity index (χ2n) is 7.51. The standard InChI is InChI=1S/C16H29NO2/c1-11(2)9-16(3,19)10-17-15(18)8-14-7-12-4-5-13(14)6-12/h11-14,19H,4-10H2,1-3H3,(H,17,18). The molecule has 1 amide bonds. The van der Waals surface area contributed by atoms with E-state index in [9.17, 15) is 9.90 Å². The highest BCUT2D eigenvalue weighted by Gasteiger charge is 2.40. The molecule has 4 atom stereocenters. The number of carbonyl (C=O) groups is 1. The molecule has 2 fully saturated rings. The predicted octanol–water partition coefficient (Wildman–Crippen LogP) is 2.73. The monoisotopic (exact) mass is 267 g/mol. The van der Waals surface area contributed by atoms with Crippen LogP contribution >= 0.6 is 0 Å². The molecule has 0 heterocycles. The van der Waals surface area contributed by atoms with Crippen molar-refractivity contribution in [1.82, 2.24) is 5.32 Å². The van der Waals surface area contributed by atoms with Gasteiger partial charge in [-0.05, 0) is 56.3 Å². The van der Waals surface area contributed by atoms with Gasteiger partial charge in [0.1, 0.15) is 0 Å². The van der Waals surface area contributed by atoms with Crippen molar-refractivity contribution in [3.05, 3.63) is 0 Å². The Bertz CT molecular complexity index is 325. The third kappa shape index (κ3) is 4.20. The molecule has 3 heteroatoms. The summed E-state index contributed by atoms with van der Waals surface area (Å²) >= 11 is 0. The molecule has 19 heavy (non-hydrogen) atoms. The first-order valence-corrected chi connectivity index (χ1v) is 7.85. The van der Waals surface area contributed by atoms with Gasteiger partial charge < -0.3 is 10.4 Å². The Balaban J connectivity index is 1.70. The molecule has 0 aliphatic heterocycles. The van der Waals surface area contributed by atoms with Crippen LogP contribution in [0.4, 0.5) is 0 Å². The van der Waals surface area contributed by atoms with Crippen LogP contribution in [0.1, 0.15) is 59.3 Å². The van der Waals surface area contributed by atoms with Crippen molar-refractivity contribution in [1.29, 1.82) is 0 Å². The molecule has 0 radical (unpaired) electrons. The average molecular weight is 267 g/mol. The molecule has 2 aliphatic rings. The topological polar surface area (TPSA) is 49.3 Å². The lowest BCUT2D eigenvalue weighted by molar-refractivity contribution is -0.123. The van der Waals surface area contributed by atoms with Crippen LogP contribution in [-0.4, -0.2) is 23.2 Å². The summed E-state index contributed by atoms with van der Waals surface area (Å²) in [6.45, 7) is 6.37. The summed E-state index contributed by atoms with van der Waals surface area (Å²) in [4.78, 5) is 12.0. The number of carbonyl (C=O) groups excluding carboxylic acids is 1. The Kier molecular flexibility index (Phi) is 4.54. The smallest absolute Gasteiger partial charge is 0.220 e. The van der Waals surface area contributed by atoms with Gasteiger partial charge in [-0.15, -0.1) is 0 Å². The van der Waals surface area contributed by atoms with Crippen LogP contribution in [0, 0.1) is 23.7 Å². The van der Waals surface area contributed by atoms with Gasteiger partial charge in [-0.2, -0.15) is 0 Å². The summed E-state index contributed by atoms with van der Waals surface area (Å²) in [5.74, 6) is 2.87. The van der Waals surface area contributed by atoms with Gasteiger partial charge in [0.15, 0.2) is 0 Å². The van der Waals surface area contributed by atoms with E-state index in [0.29, 0.717) is 24.8 Å².